The number of halogens is 3. The van der Waals surface area contributed by atoms with Gasteiger partial charge in [-0.1, -0.05) is 0 Å². The number of aromatic nitrogens is 2. The number of nitrogen functional groups attached to an aromatic ring is 1. The molecule has 0 aliphatic heterocycles. The Kier molecular flexibility index (Phi) is 7.77. The maximum absolute atomic E-state index is 13.2. The zero-order chi connectivity index (χ0) is 24.0. The summed E-state index contributed by atoms with van der Waals surface area (Å²) in [6, 6.07) is 6.83. The van der Waals surface area contributed by atoms with Gasteiger partial charge in [0.25, 0.3) is 0 Å². The molecule has 0 unspecified atom stereocenters. The van der Waals surface area contributed by atoms with E-state index in [2.05, 4.69) is 15.3 Å². The number of nitrogens with zero attached hydrogens (tertiary/aromatic N) is 2. The quantitative estimate of drug-likeness (QED) is 0.341. The van der Waals surface area contributed by atoms with E-state index in [-0.39, 0.29) is 18.8 Å². The number of ether oxygens (including phenoxy) is 4. The Morgan fingerprint density at radius 2 is 1.73 bits per heavy atom. The van der Waals surface area contributed by atoms with Gasteiger partial charge in [0.1, 0.15) is 19.0 Å². The normalized spacial score (nSPS) is 11.6. The predicted molar refractivity (Wildman–Crippen MR) is 117 cm³/mol. The minimum absolute atomic E-state index is 0.0211. The van der Waals surface area contributed by atoms with E-state index >= 15 is 0 Å². The molecule has 0 spiro atoms. The number of nitrogens with two attached hydrogens (primary N) is 1. The molecule has 0 amide bonds. The Morgan fingerprint density at radius 1 is 0.939 bits per heavy atom. The molecule has 2 aromatic carbocycles. The van der Waals surface area contributed by atoms with Crippen LogP contribution in [0.25, 0.3) is 10.9 Å². The first-order chi connectivity index (χ1) is 15.7. The van der Waals surface area contributed by atoms with Crippen molar-refractivity contribution in [1.29, 1.82) is 0 Å². The number of anilines is 2. The summed E-state index contributed by atoms with van der Waals surface area (Å²) in [6.07, 6.45) is -4.50. The monoisotopic (exact) mass is 466 g/mol. The Hall–Kier alpha value is -3.31. The number of hydrogen-bond acceptors (Lipinski definition) is 8. The van der Waals surface area contributed by atoms with Crippen LogP contribution in [0.1, 0.15) is 17.0 Å². The van der Waals surface area contributed by atoms with Gasteiger partial charge in [0.15, 0.2) is 17.3 Å². The smallest absolute Gasteiger partial charge is 0.416 e. The van der Waals surface area contributed by atoms with Gasteiger partial charge in [-0.05, 0) is 29.8 Å². The molecule has 1 heterocycles. The molecule has 8 nitrogen and oxygen atoms in total. The van der Waals surface area contributed by atoms with Gasteiger partial charge in [0.2, 0.25) is 0 Å². The molecular weight excluding hydrogens is 441 g/mol. The fraction of sp³-hybridized carbons (Fsp3) is 0.364. The lowest BCUT2D eigenvalue weighted by Crippen LogP contribution is -2.10. The van der Waals surface area contributed by atoms with Crippen molar-refractivity contribution in [3.8, 4) is 11.5 Å². The Balaban J connectivity index is 1.99. The first kappa shape index (κ1) is 24.3. The van der Waals surface area contributed by atoms with E-state index in [1.165, 1.54) is 20.3 Å². The van der Waals surface area contributed by atoms with Crippen molar-refractivity contribution in [2.24, 2.45) is 0 Å². The highest BCUT2D eigenvalue weighted by molar-refractivity contribution is 5.91. The van der Waals surface area contributed by atoms with Crippen LogP contribution in [-0.4, -0.2) is 44.5 Å². The minimum atomic E-state index is -4.50. The van der Waals surface area contributed by atoms with Crippen LogP contribution in [0.5, 0.6) is 11.5 Å². The maximum atomic E-state index is 13.2. The topological polar surface area (TPSA) is 101 Å². The van der Waals surface area contributed by atoms with Crippen molar-refractivity contribution < 1.29 is 32.1 Å². The molecule has 0 radical (unpaired) electrons. The second-order valence-corrected chi connectivity index (χ2v) is 7.10. The van der Waals surface area contributed by atoms with E-state index < -0.39 is 11.7 Å². The Labute approximate surface area is 188 Å². The average molecular weight is 466 g/mol. The first-order valence-electron chi connectivity index (χ1n) is 9.95. The van der Waals surface area contributed by atoms with Crippen molar-refractivity contribution >= 4 is 22.4 Å². The molecule has 33 heavy (non-hydrogen) atoms. The van der Waals surface area contributed by atoms with Crippen molar-refractivity contribution in [3.63, 3.8) is 0 Å². The third-order valence-electron chi connectivity index (χ3n) is 4.65. The number of alkyl halides is 3. The third kappa shape index (κ3) is 6.14. The molecule has 0 aliphatic carbocycles. The van der Waals surface area contributed by atoms with Crippen LogP contribution in [-0.2, 0) is 28.8 Å². The highest BCUT2D eigenvalue weighted by Crippen LogP contribution is 2.35. The summed E-state index contributed by atoms with van der Waals surface area (Å²) in [5.74, 6) is 1.72. The van der Waals surface area contributed by atoms with E-state index in [1.807, 2.05) is 0 Å². The molecule has 0 saturated heterocycles. The van der Waals surface area contributed by atoms with Crippen molar-refractivity contribution in [2.75, 3.05) is 45.6 Å². The molecule has 0 fully saturated rings. The maximum Gasteiger partial charge on any atom is 0.416 e. The van der Waals surface area contributed by atoms with Crippen LogP contribution >= 0.6 is 0 Å². The van der Waals surface area contributed by atoms with Gasteiger partial charge in [0, 0.05) is 37.9 Å². The molecule has 3 rings (SSSR count). The van der Waals surface area contributed by atoms with Gasteiger partial charge in [0.05, 0.1) is 24.8 Å². The summed E-state index contributed by atoms with van der Waals surface area (Å²) in [4.78, 5) is 8.95. The van der Waals surface area contributed by atoms with Crippen molar-refractivity contribution in [3.05, 3.63) is 47.3 Å². The van der Waals surface area contributed by atoms with Crippen LogP contribution < -0.4 is 20.5 Å². The van der Waals surface area contributed by atoms with E-state index in [4.69, 9.17) is 24.7 Å². The molecule has 0 aliphatic rings. The number of hydrogen-bond donors (Lipinski definition) is 2. The van der Waals surface area contributed by atoms with E-state index in [0.717, 1.165) is 12.1 Å². The Bertz CT molecular complexity index is 1110. The number of rotatable bonds is 10. The number of fused-ring (bicyclic) bond motifs is 1. The van der Waals surface area contributed by atoms with E-state index in [9.17, 15) is 13.2 Å². The van der Waals surface area contributed by atoms with Crippen LogP contribution in [0.2, 0.25) is 0 Å². The lowest BCUT2D eigenvalue weighted by Gasteiger charge is -2.16. The van der Waals surface area contributed by atoms with Gasteiger partial charge in [-0.2, -0.15) is 13.2 Å². The molecule has 3 aromatic rings. The molecule has 0 saturated carbocycles. The van der Waals surface area contributed by atoms with E-state index in [1.54, 1.807) is 19.2 Å². The fourth-order valence-electron chi connectivity index (χ4n) is 3.19. The summed E-state index contributed by atoms with van der Waals surface area (Å²) < 4.78 is 60.8. The van der Waals surface area contributed by atoms with Crippen LogP contribution in [0.4, 0.5) is 24.7 Å². The standard InChI is InChI=1S/C22H25F3N4O4/c1-30-4-5-33-19-9-16-17(10-18(19)32-3)28-20(12-31-2)29-21(16)27-11-13-6-14(22(23,24)25)8-15(26)7-13/h6-10H,4-5,11-12,26H2,1-3H3,(H,27,28,29). The molecule has 3 N–H and O–H groups in total. The average Bonchev–Trinajstić information content (AvgIpc) is 2.76. The highest BCUT2D eigenvalue weighted by Gasteiger charge is 2.31. The second-order valence-electron chi connectivity index (χ2n) is 7.10. The fourth-order valence-corrected chi connectivity index (χ4v) is 3.19. The lowest BCUT2D eigenvalue weighted by atomic mass is 10.1. The highest BCUT2D eigenvalue weighted by atomic mass is 19.4. The zero-order valence-corrected chi connectivity index (χ0v) is 18.5. The van der Waals surface area contributed by atoms with Gasteiger partial charge < -0.3 is 30.0 Å². The molecule has 1 aromatic heterocycles. The number of benzene rings is 2. The van der Waals surface area contributed by atoms with Crippen LogP contribution in [0, 0.1) is 0 Å². The molecule has 0 bridgehead atoms. The summed E-state index contributed by atoms with van der Waals surface area (Å²) in [5, 5.41) is 3.69. The second kappa shape index (κ2) is 10.5. The zero-order valence-electron chi connectivity index (χ0n) is 18.5. The number of nitrogens with one attached hydrogen (secondary N) is 1. The summed E-state index contributed by atoms with van der Waals surface area (Å²) in [5.41, 5.74) is 5.79. The predicted octanol–water partition coefficient (Wildman–Crippen LogP) is 4.02. The molecule has 178 valence electrons. The largest absolute Gasteiger partial charge is 0.493 e. The SMILES string of the molecule is COCCOc1cc2c(NCc3cc(N)cc(C(F)(F)F)c3)nc(COC)nc2cc1OC. The minimum Gasteiger partial charge on any atom is -0.493 e. The van der Waals surface area contributed by atoms with Crippen LogP contribution in [0.15, 0.2) is 30.3 Å². The van der Waals surface area contributed by atoms with Gasteiger partial charge in [-0.25, -0.2) is 9.97 Å². The van der Waals surface area contributed by atoms with Gasteiger partial charge in [-0.3, -0.25) is 0 Å². The summed E-state index contributed by atoms with van der Waals surface area (Å²) >= 11 is 0. The summed E-state index contributed by atoms with van der Waals surface area (Å²) in [6.45, 7) is 0.883. The van der Waals surface area contributed by atoms with Crippen molar-refractivity contribution in [1.82, 2.24) is 9.97 Å². The van der Waals surface area contributed by atoms with Crippen LogP contribution in [0.3, 0.4) is 0 Å². The molecule has 11 heteroatoms. The van der Waals surface area contributed by atoms with Gasteiger partial charge in [-0.15, -0.1) is 0 Å². The van der Waals surface area contributed by atoms with Crippen molar-refractivity contribution in [2.45, 2.75) is 19.3 Å². The van der Waals surface area contributed by atoms with Gasteiger partial charge >= 0.3 is 6.18 Å². The molecule has 0 atom stereocenters. The van der Waals surface area contributed by atoms with E-state index in [0.29, 0.717) is 52.8 Å². The number of methoxy groups -OCH3 is 3. The lowest BCUT2D eigenvalue weighted by molar-refractivity contribution is -0.137. The first-order valence-corrected chi connectivity index (χ1v) is 9.95. The summed E-state index contributed by atoms with van der Waals surface area (Å²) in [7, 11) is 4.59. The molecular formula is C22H25F3N4O4. The Morgan fingerprint density at radius 3 is 2.39 bits per heavy atom. The third-order valence-corrected chi connectivity index (χ3v) is 4.65.